The number of nitrogens with zero attached hydrogens (tertiary/aromatic N) is 1. The number of hydrogen-bond acceptors (Lipinski definition) is 4. The van der Waals surface area contributed by atoms with Crippen molar-refractivity contribution in [1.29, 1.82) is 0 Å². The van der Waals surface area contributed by atoms with Crippen LogP contribution in [0, 0.1) is 0 Å². The third-order valence-corrected chi connectivity index (χ3v) is 4.06. The highest BCUT2D eigenvalue weighted by atomic mass is 16.5. The summed E-state index contributed by atoms with van der Waals surface area (Å²) in [5, 5.41) is 0. The maximum Gasteiger partial charge on any atom is 0.226 e. The van der Waals surface area contributed by atoms with Crippen LogP contribution >= 0.6 is 0 Å². The second-order valence-electron chi connectivity index (χ2n) is 6.13. The Kier molecular flexibility index (Phi) is 6.28. The van der Waals surface area contributed by atoms with Gasteiger partial charge < -0.3 is 19.1 Å². The molecule has 5 heteroatoms. The molecule has 0 saturated carbocycles. The Morgan fingerprint density at radius 1 is 1.17 bits per heavy atom. The SMILES string of the molecule is COc1ccc(CC(=O)N2CCC(OC(C)C)CC2)cc1OC. The minimum atomic E-state index is 0.153. The number of piperidine rings is 1. The Morgan fingerprint density at radius 3 is 2.39 bits per heavy atom. The van der Waals surface area contributed by atoms with Crippen LogP contribution in [0.25, 0.3) is 0 Å². The number of methoxy groups -OCH3 is 2. The van der Waals surface area contributed by atoms with Crippen molar-refractivity contribution in [1.82, 2.24) is 4.90 Å². The summed E-state index contributed by atoms with van der Waals surface area (Å²) in [7, 11) is 3.20. The Hall–Kier alpha value is -1.75. The lowest BCUT2D eigenvalue weighted by Gasteiger charge is -2.33. The van der Waals surface area contributed by atoms with Gasteiger partial charge in [-0.05, 0) is 44.4 Å². The first kappa shape index (κ1) is 17.6. The van der Waals surface area contributed by atoms with E-state index >= 15 is 0 Å². The van der Waals surface area contributed by atoms with Gasteiger partial charge in [-0.3, -0.25) is 4.79 Å². The van der Waals surface area contributed by atoms with Crippen LogP contribution in [-0.4, -0.2) is 50.3 Å². The third-order valence-electron chi connectivity index (χ3n) is 4.06. The first-order chi connectivity index (χ1) is 11.0. The molecule has 0 bridgehead atoms. The quantitative estimate of drug-likeness (QED) is 0.808. The number of amides is 1. The van der Waals surface area contributed by atoms with Gasteiger partial charge in [0.1, 0.15) is 0 Å². The average Bonchev–Trinajstić information content (AvgIpc) is 2.54. The van der Waals surface area contributed by atoms with Crippen molar-refractivity contribution in [3.8, 4) is 11.5 Å². The molecule has 1 aliphatic rings. The summed E-state index contributed by atoms with van der Waals surface area (Å²) in [4.78, 5) is 14.4. The monoisotopic (exact) mass is 321 g/mol. The molecule has 0 aromatic heterocycles. The molecule has 0 spiro atoms. The summed E-state index contributed by atoms with van der Waals surface area (Å²) in [6.07, 6.45) is 2.73. The Bertz CT molecular complexity index is 522. The van der Waals surface area contributed by atoms with Gasteiger partial charge in [0.15, 0.2) is 11.5 Å². The molecule has 1 saturated heterocycles. The molecule has 0 unspecified atom stereocenters. The van der Waals surface area contributed by atoms with Crippen LogP contribution in [0.15, 0.2) is 18.2 Å². The first-order valence-electron chi connectivity index (χ1n) is 8.17. The largest absolute Gasteiger partial charge is 0.493 e. The molecule has 1 aromatic rings. The summed E-state index contributed by atoms with van der Waals surface area (Å²) in [5.74, 6) is 1.48. The molecule has 1 amide bonds. The standard InChI is InChI=1S/C18H27NO4/c1-13(2)23-15-7-9-19(10-8-15)18(20)12-14-5-6-16(21-3)17(11-14)22-4/h5-6,11,13,15H,7-10,12H2,1-4H3. The van der Waals surface area contributed by atoms with E-state index in [2.05, 4.69) is 13.8 Å². The van der Waals surface area contributed by atoms with Gasteiger partial charge in [0, 0.05) is 13.1 Å². The Labute approximate surface area is 138 Å². The molecule has 0 N–H and O–H groups in total. The van der Waals surface area contributed by atoms with Crippen molar-refractivity contribution in [2.45, 2.75) is 45.3 Å². The van der Waals surface area contributed by atoms with Crippen LogP contribution in [0.3, 0.4) is 0 Å². The number of carbonyl (C=O) groups excluding carboxylic acids is 1. The molecule has 2 rings (SSSR count). The number of carbonyl (C=O) groups is 1. The summed E-state index contributed by atoms with van der Waals surface area (Å²) in [6, 6.07) is 5.61. The number of rotatable bonds is 6. The molecule has 0 atom stereocenters. The summed E-state index contributed by atoms with van der Waals surface area (Å²) >= 11 is 0. The van der Waals surface area contributed by atoms with E-state index in [9.17, 15) is 4.79 Å². The van der Waals surface area contributed by atoms with Crippen LogP contribution in [0.1, 0.15) is 32.3 Å². The maximum atomic E-state index is 12.5. The zero-order chi connectivity index (χ0) is 16.8. The second-order valence-corrected chi connectivity index (χ2v) is 6.13. The fourth-order valence-corrected chi connectivity index (χ4v) is 2.90. The topological polar surface area (TPSA) is 48.0 Å². The fraction of sp³-hybridized carbons (Fsp3) is 0.611. The number of ether oxygens (including phenoxy) is 3. The van der Waals surface area contributed by atoms with Crippen molar-refractivity contribution < 1.29 is 19.0 Å². The van der Waals surface area contributed by atoms with Crippen molar-refractivity contribution in [3.05, 3.63) is 23.8 Å². The van der Waals surface area contributed by atoms with E-state index in [1.165, 1.54) is 0 Å². The van der Waals surface area contributed by atoms with Gasteiger partial charge in [-0.1, -0.05) is 6.07 Å². The van der Waals surface area contributed by atoms with Gasteiger partial charge in [-0.25, -0.2) is 0 Å². The maximum absolute atomic E-state index is 12.5. The Morgan fingerprint density at radius 2 is 1.83 bits per heavy atom. The molecule has 23 heavy (non-hydrogen) atoms. The lowest BCUT2D eigenvalue weighted by molar-refractivity contribution is -0.133. The highest BCUT2D eigenvalue weighted by Crippen LogP contribution is 2.28. The van der Waals surface area contributed by atoms with Gasteiger partial charge in [-0.2, -0.15) is 0 Å². The molecule has 1 fully saturated rings. The molecule has 1 heterocycles. The molecule has 0 radical (unpaired) electrons. The predicted molar refractivity (Wildman–Crippen MR) is 89.1 cm³/mol. The van der Waals surface area contributed by atoms with Gasteiger partial charge in [0.05, 0.1) is 32.8 Å². The second kappa shape index (κ2) is 8.20. The van der Waals surface area contributed by atoms with Crippen LogP contribution < -0.4 is 9.47 Å². The van der Waals surface area contributed by atoms with E-state index in [-0.39, 0.29) is 18.1 Å². The molecular weight excluding hydrogens is 294 g/mol. The normalized spacial score (nSPS) is 15.8. The molecular formula is C18H27NO4. The van der Waals surface area contributed by atoms with E-state index in [1.54, 1.807) is 14.2 Å². The van der Waals surface area contributed by atoms with E-state index < -0.39 is 0 Å². The zero-order valence-corrected chi connectivity index (χ0v) is 14.5. The van der Waals surface area contributed by atoms with E-state index in [0.717, 1.165) is 31.5 Å². The average molecular weight is 321 g/mol. The van der Waals surface area contributed by atoms with Crippen molar-refractivity contribution >= 4 is 5.91 Å². The van der Waals surface area contributed by atoms with Crippen molar-refractivity contribution in [3.63, 3.8) is 0 Å². The Balaban J connectivity index is 1.90. The zero-order valence-electron chi connectivity index (χ0n) is 14.5. The first-order valence-corrected chi connectivity index (χ1v) is 8.17. The van der Waals surface area contributed by atoms with Gasteiger partial charge >= 0.3 is 0 Å². The van der Waals surface area contributed by atoms with E-state index in [0.29, 0.717) is 17.9 Å². The van der Waals surface area contributed by atoms with E-state index in [1.807, 2.05) is 23.1 Å². The smallest absolute Gasteiger partial charge is 0.226 e. The number of likely N-dealkylation sites (tertiary alicyclic amines) is 1. The highest BCUT2D eigenvalue weighted by Gasteiger charge is 2.24. The van der Waals surface area contributed by atoms with Crippen LogP contribution in [0.5, 0.6) is 11.5 Å². The minimum Gasteiger partial charge on any atom is -0.493 e. The van der Waals surface area contributed by atoms with Gasteiger partial charge in [0.2, 0.25) is 5.91 Å². The third kappa shape index (κ3) is 4.86. The minimum absolute atomic E-state index is 0.153. The highest BCUT2D eigenvalue weighted by molar-refractivity contribution is 5.79. The van der Waals surface area contributed by atoms with Crippen molar-refractivity contribution in [2.24, 2.45) is 0 Å². The van der Waals surface area contributed by atoms with Crippen LogP contribution in [-0.2, 0) is 16.0 Å². The molecule has 5 nitrogen and oxygen atoms in total. The van der Waals surface area contributed by atoms with Crippen molar-refractivity contribution in [2.75, 3.05) is 27.3 Å². The lowest BCUT2D eigenvalue weighted by atomic mass is 10.1. The molecule has 128 valence electrons. The van der Waals surface area contributed by atoms with Gasteiger partial charge in [-0.15, -0.1) is 0 Å². The lowest BCUT2D eigenvalue weighted by Crippen LogP contribution is -2.42. The number of benzene rings is 1. The molecule has 0 aliphatic carbocycles. The van der Waals surface area contributed by atoms with E-state index in [4.69, 9.17) is 14.2 Å². The van der Waals surface area contributed by atoms with Crippen LogP contribution in [0.4, 0.5) is 0 Å². The van der Waals surface area contributed by atoms with Crippen LogP contribution in [0.2, 0.25) is 0 Å². The molecule has 1 aromatic carbocycles. The predicted octanol–water partition coefficient (Wildman–Crippen LogP) is 2.66. The summed E-state index contributed by atoms with van der Waals surface area (Å²) in [6.45, 7) is 5.64. The number of hydrogen-bond donors (Lipinski definition) is 0. The summed E-state index contributed by atoms with van der Waals surface area (Å²) in [5.41, 5.74) is 0.938. The van der Waals surface area contributed by atoms with Gasteiger partial charge in [0.25, 0.3) is 0 Å². The summed E-state index contributed by atoms with van der Waals surface area (Å²) < 4.78 is 16.3. The molecule has 1 aliphatic heterocycles. The fourth-order valence-electron chi connectivity index (χ4n) is 2.90.